The van der Waals surface area contributed by atoms with Crippen LogP contribution in [-0.2, 0) is 27.2 Å². The molecular weight excluding hydrogens is 450 g/mol. The Morgan fingerprint density at radius 3 is 2.63 bits per heavy atom. The largest absolute Gasteiger partial charge is 0.487 e. The summed E-state index contributed by atoms with van der Waals surface area (Å²) in [6.45, 7) is 5.26. The molecule has 2 heterocycles. The molecule has 0 spiro atoms. The number of esters is 1. The third kappa shape index (κ3) is 5.31. The van der Waals surface area contributed by atoms with Crippen LogP contribution >= 0.6 is 0 Å². The van der Waals surface area contributed by atoms with Crippen LogP contribution in [0, 0.1) is 6.92 Å². The maximum Gasteiger partial charge on any atom is 0.340 e. The third-order valence-electron chi connectivity index (χ3n) is 6.18. The van der Waals surface area contributed by atoms with E-state index in [2.05, 4.69) is 10.1 Å². The minimum Gasteiger partial charge on any atom is -0.487 e. The summed E-state index contributed by atoms with van der Waals surface area (Å²) in [5.74, 6) is -0.101. The van der Waals surface area contributed by atoms with Gasteiger partial charge in [0.1, 0.15) is 29.2 Å². The quantitative estimate of drug-likeness (QED) is 0.409. The summed E-state index contributed by atoms with van der Waals surface area (Å²) >= 11 is 0. The molecule has 1 aromatic heterocycles. The molecule has 3 aromatic rings. The number of hydrogen-bond donors (Lipinski definition) is 1. The summed E-state index contributed by atoms with van der Waals surface area (Å²) in [5, 5.41) is 3.09. The van der Waals surface area contributed by atoms with Crippen LogP contribution in [0.2, 0.25) is 0 Å². The zero-order valence-corrected chi connectivity index (χ0v) is 20.4. The Morgan fingerprint density at radius 1 is 1.17 bits per heavy atom. The molecule has 8 nitrogen and oxygen atoms in total. The number of carbonyl (C=O) groups excluding carboxylic acids is 2. The van der Waals surface area contributed by atoms with Crippen LogP contribution in [0.3, 0.4) is 0 Å². The summed E-state index contributed by atoms with van der Waals surface area (Å²) in [7, 11) is 1.25. The van der Waals surface area contributed by atoms with Crippen molar-refractivity contribution in [1.29, 1.82) is 0 Å². The van der Waals surface area contributed by atoms with Crippen molar-refractivity contribution in [2.24, 2.45) is 0 Å². The van der Waals surface area contributed by atoms with E-state index in [4.69, 9.17) is 13.9 Å². The first-order valence-electron chi connectivity index (χ1n) is 11.5. The topological polar surface area (TPSA) is 104 Å². The number of nitrogens with one attached hydrogen (secondary N) is 1. The van der Waals surface area contributed by atoms with Gasteiger partial charge in [0.2, 0.25) is 0 Å². The molecule has 35 heavy (non-hydrogen) atoms. The normalized spacial score (nSPS) is 14.1. The Kier molecular flexibility index (Phi) is 6.82. The van der Waals surface area contributed by atoms with Gasteiger partial charge in [0.15, 0.2) is 6.61 Å². The lowest BCUT2D eigenvalue weighted by molar-refractivity contribution is -0.141. The van der Waals surface area contributed by atoms with Crippen LogP contribution in [0.15, 0.2) is 45.6 Å². The lowest BCUT2D eigenvalue weighted by Gasteiger charge is -2.33. The van der Waals surface area contributed by atoms with Crippen molar-refractivity contribution in [3.8, 4) is 11.5 Å². The zero-order chi connectivity index (χ0) is 25.2. The molecule has 0 unspecified atom stereocenters. The molecule has 1 amide bonds. The number of benzene rings is 2. The summed E-state index contributed by atoms with van der Waals surface area (Å²) in [6, 6.07) is 11.4. The van der Waals surface area contributed by atoms with Crippen molar-refractivity contribution < 1.29 is 28.2 Å². The summed E-state index contributed by atoms with van der Waals surface area (Å²) in [4.78, 5) is 36.6. The average molecular weight is 480 g/mol. The first kappa shape index (κ1) is 24.3. The van der Waals surface area contributed by atoms with Crippen LogP contribution in [0.5, 0.6) is 11.5 Å². The highest BCUT2D eigenvalue weighted by Crippen LogP contribution is 2.43. The fraction of sp³-hybridized carbons (Fsp3) is 0.370. The molecule has 1 aliphatic rings. The van der Waals surface area contributed by atoms with Gasteiger partial charge < -0.3 is 23.9 Å². The van der Waals surface area contributed by atoms with Crippen LogP contribution in [0.25, 0.3) is 11.0 Å². The maximum atomic E-state index is 13.1. The first-order chi connectivity index (χ1) is 16.7. The van der Waals surface area contributed by atoms with E-state index in [1.54, 1.807) is 6.07 Å². The summed E-state index contributed by atoms with van der Waals surface area (Å²) in [6.07, 6.45) is 1.85. The van der Waals surface area contributed by atoms with Crippen molar-refractivity contribution in [2.45, 2.75) is 45.6 Å². The van der Waals surface area contributed by atoms with Crippen molar-refractivity contribution in [2.75, 3.05) is 20.3 Å². The molecular formula is C27H29NO7. The highest BCUT2D eigenvalue weighted by molar-refractivity contribution is 5.92. The second-order valence-corrected chi connectivity index (χ2v) is 9.21. The van der Waals surface area contributed by atoms with E-state index < -0.39 is 23.1 Å². The molecule has 0 radical (unpaired) electrons. The molecule has 184 valence electrons. The van der Waals surface area contributed by atoms with Gasteiger partial charge in [0.05, 0.1) is 12.5 Å². The molecule has 0 atom stereocenters. The van der Waals surface area contributed by atoms with Crippen LogP contribution in [0.4, 0.5) is 0 Å². The number of methoxy groups -OCH3 is 1. The molecule has 2 aromatic carbocycles. The highest BCUT2D eigenvalue weighted by Gasteiger charge is 2.31. The van der Waals surface area contributed by atoms with Gasteiger partial charge in [-0.15, -0.1) is 0 Å². The van der Waals surface area contributed by atoms with Gasteiger partial charge in [-0.05, 0) is 44.7 Å². The number of aryl methyl sites for hydroxylation is 2. The molecule has 8 heteroatoms. The Labute approximate surface area is 203 Å². The third-order valence-corrected chi connectivity index (χ3v) is 6.18. The first-order valence-corrected chi connectivity index (χ1v) is 11.5. The lowest BCUT2D eigenvalue weighted by atomic mass is 9.91. The van der Waals surface area contributed by atoms with E-state index in [0.717, 1.165) is 23.1 Å². The monoisotopic (exact) mass is 479 g/mol. The molecule has 0 bridgehead atoms. The number of ether oxygens (including phenoxy) is 3. The van der Waals surface area contributed by atoms with Gasteiger partial charge in [0.25, 0.3) is 5.91 Å². The van der Waals surface area contributed by atoms with Gasteiger partial charge in [-0.25, -0.2) is 4.79 Å². The number of carbonyl (C=O) groups is 2. The highest BCUT2D eigenvalue weighted by atomic mass is 16.5. The minimum atomic E-state index is -0.559. The molecule has 1 N–H and O–H groups in total. The molecule has 4 rings (SSSR count). The Balaban J connectivity index is 1.77. The smallest absolute Gasteiger partial charge is 0.340 e. The molecule has 0 aliphatic carbocycles. The van der Waals surface area contributed by atoms with E-state index in [1.165, 1.54) is 7.11 Å². The average Bonchev–Trinajstić information content (AvgIpc) is 2.83. The van der Waals surface area contributed by atoms with E-state index in [0.29, 0.717) is 40.9 Å². The van der Waals surface area contributed by atoms with Gasteiger partial charge in [-0.1, -0.05) is 30.3 Å². The SMILES string of the molecule is COC(=O)CNC(=O)COc1cc2c(c3oc(=O)c(Cc4ccccc4)c(C)c13)CCC(C)(C)O2. The van der Waals surface area contributed by atoms with E-state index in [1.807, 2.05) is 51.1 Å². The van der Waals surface area contributed by atoms with Crippen LogP contribution in [0.1, 0.15) is 42.5 Å². The zero-order valence-electron chi connectivity index (χ0n) is 20.4. The number of amides is 1. The minimum absolute atomic E-state index is 0.254. The van der Waals surface area contributed by atoms with Gasteiger partial charge in [-0.2, -0.15) is 0 Å². The second-order valence-electron chi connectivity index (χ2n) is 9.21. The van der Waals surface area contributed by atoms with Gasteiger partial charge in [-0.3, -0.25) is 9.59 Å². The summed E-state index contributed by atoms with van der Waals surface area (Å²) < 4.78 is 22.5. The predicted molar refractivity (Wildman–Crippen MR) is 130 cm³/mol. The summed E-state index contributed by atoms with van der Waals surface area (Å²) in [5.41, 5.74) is 2.68. The Bertz CT molecular complexity index is 1330. The van der Waals surface area contributed by atoms with E-state index in [-0.39, 0.29) is 13.2 Å². The van der Waals surface area contributed by atoms with Crippen molar-refractivity contribution in [3.05, 3.63) is 69.1 Å². The standard InChI is InChI=1S/C27H29NO7/c1-16-19(12-17-8-6-5-7-9-17)26(31)34-25-18-10-11-27(2,3)35-20(18)13-21(24(16)25)33-15-22(29)28-14-23(30)32-4/h5-9,13H,10-12,14-15H2,1-4H3,(H,28,29). The molecule has 0 fully saturated rings. The van der Waals surface area contributed by atoms with Gasteiger partial charge in [0, 0.05) is 23.6 Å². The van der Waals surface area contributed by atoms with Crippen molar-refractivity contribution in [3.63, 3.8) is 0 Å². The molecule has 0 saturated heterocycles. The Hall–Kier alpha value is -3.81. The second kappa shape index (κ2) is 9.82. The van der Waals surface area contributed by atoms with Gasteiger partial charge >= 0.3 is 11.6 Å². The number of fused-ring (bicyclic) bond motifs is 3. The molecule has 0 saturated carbocycles. The fourth-order valence-electron chi connectivity index (χ4n) is 4.24. The molecule has 1 aliphatic heterocycles. The van der Waals surface area contributed by atoms with E-state index >= 15 is 0 Å². The van der Waals surface area contributed by atoms with Crippen molar-refractivity contribution >= 4 is 22.8 Å². The number of hydrogen-bond acceptors (Lipinski definition) is 7. The van der Waals surface area contributed by atoms with Crippen molar-refractivity contribution in [1.82, 2.24) is 5.32 Å². The Morgan fingerprint density at radius 2 is 1.91 bits per heavy atom. The van der Waals surface area contributed by atoms with Crippen LogP contribution in [-0.4, -0.2) is 37.7 Å². The van der Waals surface area contributed by atoms with E-state index in [9.17, 15) is 14.4 Å². The fourth-order valence-corrected chi connectivity index (χ4v) is 4.24. The maximum absolute atomic E-state index is 13.1. The lowest BCUT2D eigenvalue weighted by Crippen LogP contribution is -2.34. The van der Waals surface area contributed by atoms with Crippen LogP contribution < -0.4 is 20.4 Å². The number of rotatable bonds is 7. The predicted octanol–water partition coefficient (Wildman–Crippen LogP) is 3.46.